The normalized spacial score (nSPS) is 33.7. The second-order valence-corrected chi connectivity index (χ2v) is 7.29. The number of benzene rings is 1. The first-order valence-electron chi connectivity index (χ1n) is 9.16. The number of fused-ring (bicyclic) bond motifs is 3. The lowest BCUT2D eigenvalue weighted by Gasteiger charge is -2.60. The van der Waals surface area contributed by atoms with Crippen molar-refractivity contribution >= 4 is 0 Å². The molecule has 5 rings (SSSR count). The van der Waals surface area contributed by atoms with Gasteiger partial charge in [0, 0.05) is 13.1 Å². The molecule has 2 bridgehead atoms. The molecule has 4 heterocycles. The molecule has 6 nitrogen and oxygen atoms in total. The fourth-order valence-electron chi connectivity index (χ4n) is 4.50. The molecule has 6 heteroatoms. The summed E-state index contributed by atoms with van der Waals surface area (Å²) in [7, 11) is 0. The zero-order valence-corrected chi connectivity index (χ0v) is 15.3. The van der Waals surface area contributed by atoms with Crippen LogP contribution in [0.3, 0.4) is 0 Å². The Labute approximate surface area is 153 Å². The summed E-state index contributed by atoms with van der Waals surface area (Å²) < 4.78 is 11.6. The van der Waals surface area contributed by atoms with E-state index >= 15 is 0 Å². The maximum Gasteiger partial charge on any atom is 0.235 e. The van der Waals surface area contributed by atoms with Crippen molar-refractivity contribution in [2.75, 3.05) is 19.7 Å². The van der Waals surface area contributed by atoms with Crippen molar-refractivity contribution in [3.63, 3.8) is 0 Å². The van der Waals surface area contributed by atoms with Gasteiger partial charge in [-0.3, -0.25) is 4.90 Å². The molecule has 0 amide bonds. The Hall–Kier alpha value is -2.18. The molecule has 3 saturated heterocycles. The van der Waals surface area contributed by atoms with Crippen molar-refractivity contribution < 1.29 is 14.4 Å². The van der Waals surface area contributed by atoms with Gasteiger partial charge in [0.25, 0.3) is 0 Å². The van der Waals surface area contributed by atoms with Crippen LogP contribution < -0.4 is 4.74 Å². The number of aromatic nitrogens is 2. The van der Waals surface area contributed by atoms with Crippen LogP contribution in [0.5, 0.6) is 5.75 Å². The minimum absolute atomic E-state index is 0.372. The van der Waals surface area contributed by atoms with Crippen LogP contribution >= 0.6 is 0 Å². The van der Waals surface area contributed by atoms with Gasteiger partial charge in [0.2, 0.25) is 5.89 Å². The lowest BCUT2D eigenvalue weighted by molar-refractivity contribution is -0.149. The second kappa shape index (κ2) is 6.52. The summed E-state index contributed by atoms with van der Waals surface area (Å²) in [6, 6.07) is 9.73. The number of aliphatic hydroxyl groups is 1. The van der Waals surface area contributed by atoms with Gasteiger partial charge in [0.15, 0.2) is 5.82 Å². The summed E-state index contributed by atoms with van der Waals surface area (Å²) in [6.07, 6.45) is 4.99. The monoisotopic (exact) mass is 355 g/mol. The summed E-state index contributed by atoms with van der Waals surface area (Å²) in [6.45, 7) is 5.88. The van der Waals surface area contributed by atoms with Crippen molar-refractivity contribution in [3.8, 4) is 5.75 Å². The van der Waals surface area contributed by atoms with Crippen molar-refractivity contribution in [1.29, 1.82) is 0 Å². The van der Waals surface area contributed by atoms with E-state index in [9.17, 15) is 5.11 Å². The predicted molar refractivity (Wildman–Crippen MR) is 97.0 cm³/mol. The molecule has 0 spiro atoms. The molecular weight excluding hydrogens is 330 g/mol. The molecule has 1 aromatic carbocycles. The molecule has 138 valence electrons. The number of aliphatic hydroxyl groups excluding tert-OH is 1. The Bertz CT molecular complexity index is 781. The van der Waals surface area contributed by atoms with Crippen molar-refractivity contribution in [2.24, 2.45) is 0 Å². The van der Waals surface area contributed by atoms with Crippen LogP contribution in [0.25, 0.3) is 0 Å². The van der Waals surface area contributed by atoms with E-state index in [1.807, 2.05) is 50.3 Å². The first kappa shape index (κ1) is 17.2. The number of aryl methyl sites for hydroxylation is 1. The largest absolute Gasteiger partial charge is 0.491 e. The molecule has 2 unspecified atom stereocenters. The second-order valence-electron chi connectivity index (χ2n) is 7.29. The third-order valence-electron chi connectivity index (χ3n) is 5.86. The third kappa shape index (κ3) is 2.56. The van der Waals surface area contributed by atoms with E-state index < -0.39 is 17.1 Å². The van der Waals surface area contributed by atoms with Gasteiger partial charge in [-0.2, -0.15) is 4.98 Å². The fraction of sp³-hybridized carbons (Fsp3) is 0.500. The molecule has 3 fully saturated rings. The first-order chi connectivity index (χ1) is 12.6. The number of ether oxygens (including phenoxy) is 1. The summed E-state index contributed by atoms with van der Waals surface area (Å²) in [4.78, 5) is 6.80. The molecule has 3 aliphatic rings. The molecule has 0 saturated carbocycles. The highest BCUT2D eigenvalue weighted by atomic mass is 16.5. The minimum atomic E-state index is -0.683. The van der Waals surface area contributed by atoms with Crippen LogP contribution in [0.1, 0.15) is 31.5 Å². The number of allylic oxidation sites excluding steroid dienone is 1. The maximum atomic E-state index is 11.5. The number of hydrogen-bond donors (Lipinski definition) is 1. The van der Waals surface area contributed by atoms with Crippen molar-refractivity contribution in [3.05, 3.63) is 54.2 Å². The van der Waals surface area contributed by atoms with Gasteiger partial charge in [-0.05, 0) is 38.8 Å². The quantitative estimate of drug-likeness (QED) is 0.831. The summed E-state index contributed by atoms with van der Waals surface area (Å²) in [5, 5.41) is 15.5. The van der Waals surface area contributed by atoms with Gasteiger partial charge in [-0.1, -0.05) is 35.5 Å². The maximum absolute atomic E-state index is 11.5. The van der Waals surface area contributed by atoms with Crippen LogP contribution in [0.2, 0.25) is 0 Å². The molecule has 2 atom stereocenters. The van der Waals surface area contributed by atoms with Crippen LogP contribution in [0.4, 0.5) is 0 Å². The molecular formula is C20H25N3O3. The predicted octanol–water partition coefficient (Wildman–Crippen LogP) is 2.48. The van der Waals surface area contributed by atoms with E-state index in [0.717, 1.165) is 31.7 Å². The van der Waals surface area contributed by atoms with Gasteiger partial charge in [0.1, 0.15) is 17.9 Å². The zero-order valence-electron chi connectivity index (χ0n) is 15.3. The number of piperidine rings is 3. The molecule has 0 aliphatic carbocycles. The summed E-state index contributed by atoms with van der Waals surface area (Å²) in [5.41, 5.74) is -1.13. The van der Waals surface area contributed by atoms with Gasteiger partial charge < -0.3 is 14.4 Å². The highest BCUT2D eigenvalue weighted by Gasteiger charge is 2.62. The van der Waals surface area contributed by atoms with E-state index in [0.29, 0.717) is 18.3 Å². The molecule has 26 heavy (non-hydrogen) atoms. The topological polar surface area (TPSA) is 71.6 Å². The Kier molecular flexibility index (Phi) is 4.32. The molecule has 1 aromatic heterocycles. The summed E-state index contributed by atoms with van der Waals surface area (Å²) >= 11 is 0. The van der Waals surface area contributed by atoms with E-state index in [-0.39, 0.29) is 0 Å². The lowest BCUT2D eigenvalue weighted by atomic mass is 9.61. The van der Waals surface area contributed by atoms with Crippen LogP contribution in [-0.2, 0) is 5.41 Å². The van der Waals surface area contributed by atoms with Crippen LogP contribution in [0, 0.1) is 6.92 Å². The SMILES string of the molecule is CC=CC1(COc2ccccc2)C(O)C2(c3nc(C)no3)CCN1CC2. The highest BCUT2D eigenvalue weighted by molar-refractivity contribution is 5.29. The van der Waals surface area contributed by atoms with Gasteiger partial charge >= 0.3 is 0 Å². The smallest absolute Gasteiger partial charge is 0.235 e. The Morgan fingerprint density at radius 3 is 2.65 bits per heavy atom. The number of hydrogen-bond acceptors (Lipinski definition) is 6. The summed E-state index contributed by atoms with van der Waals surface area (Å²) in [5.74, 6) is 1.95. The average molecular weight is 355 g/mol. The average Bonchev–Trinajstić information content (AvgIpc) is 3.12. The number of para-hydroxylation sites is 1. The number of rotatable bonds is 5. The minimum Gasteiger partial charge on any atom is -0.491 e. The fourth-order valence-corrected chi connectivity index (χ4v) is 4.50. The van der Waals surface area contributed by atoms with Gasteiger partial charge in [-0.25, -0.2) is 0 Å². The van der Waals surface area contributed by atoms with E-state index in [4.69, 9.17) is 9.26 Å². The van der Waals surface area contributed by atoms with Crippen LogP contribution in [-0.4, -0.2) is 51.5 Å². The van der Waals surface area contributed by atoms with Crippen molar-refractivity contribution in [1.82, 2.24) is 15.0 Å². The molecule has 0 radical (unpaired) electrons. The lowest BCUT2D eigenvalue weighted by Crippen LogP contribution is -2.74. The highest BCUT2D eigenvalue weighted by Crippen LogP contribution is 2.50. The van der Waals surface area contributed by atoms with Crippen LogP contribution in [0.15, 0.2) is 47.0 Å². The zero-order chi connectivity index (χ0) is 18.2. The van der Waals surface area contributed by atoms with E-state index in [2.05, 4.69) is 21.1 Å². The van der Waals surface area contributed by atoms with Crippen molar-refractivity contribution in [2.45, 2.75) is 43.7 Å². The van der Waals surface area contributed by atoms with E-state index in [1.54, 1.807) is 0 Å². The Morgan fingerprint density at radius 1 is 1.31 bits per heavy atom. The Morgan fingerprint density at radius 2 is 2.04 bits per heavy atom. The molecule has 2 aromatic rings. The molecule has 1 N–H and O–H groups in total. The first-order valence-corrected chi connectivity index (χ1v) is 9.16. The van der Waals surface area contributed by atoms with Gasteiger partial charge in [-0.15, -0.1) is 0 Å². The van der Waals surface area contributed by atoms with E-state index in [1.165, 1.54) is 0 Å². The van der Waals surface area contributed by atoms with Gasteiger partial charge in [0.05, 0.1) is 11.5 Å². The number of nitrogens with zero attached hydrogens (tertiary/aromatic N) is 3. The molecule has 3 aliphatic heterocycles. The Balaban J connectivity index is 1.69. The third-order valence-corrected chi connectivity index (χ3v) is 5.86. The standard InChI is InChI=1S/C20H25N3O3/c1-3-9-20(14-25-16-7-5-4-6-8-16)17(24)19(10-12-23(20)13-11-19)18-21-15(2)22-26-18/h3-9,17,24H,10-14H2,1-2H3.